The average Bonchev–Trinajstić information content (AvgIpc) is 2.82. The SMILES string of the molecule is Cc1nn(C)c2sc(-c3cccc(F)c3)cc12. The van der Waals surface area contributed by atoms with Gasteiger partial charge >= 0.3 is 0 Å². The summed E-state index contributed by atoms with van der Waals surface area (Å²) in [6.45, 7) is 1.99. The molecule has 0 atom stereocenters. The third-order valence-electron chi connectivity index (χ3n) is 2.81. The van der Waals surface area contributed by atoms with Crippen LogP contribution < -0.4 is 0 Å². The second-order valence-corrected chi connectivity index (χ2v) is 5.08. The summed E-state index contributed by atoms with van der Waals surface area (Å²) in [4.78, 5) is 2.21. The van der Waals surface area contributed by atoms with E-state index in [2.05, 4.69) is 11.2 Å². The monoisotopic (exact) mass is 246 g/mol. The highest BCUT2D eigenvalue weighted by Gasteiger charge is 2.11. The number of aryl methyl sites for hydroxylation is 2. The first-order valence-corrected chi connectivity index (χ1v) is 6.16. The van der Waals surface area contributed by atoms with E-state index in [0.717, 1.165) is 26.4 Å². The molecule has 4 heteroatoms. The number of fused-ring (bicyclic) bond motifs is 1. The molecule has 1 aromatic carbocycles. The van der Waals surface area contributed by atoms with Crippen molar-refractivity contribution in [3.8, 4) is 10.4 Å². The average molecular weight is 246 g/mol. The van der Waals surface area contributed by atoms with Crippen molar-refractivity contribution in [2.75, 3.05) is 0 Å². The Labute approximate surface area is 102 Å². The molecule has 17 heavy (non-hydrogen) atoms. The number of benzene rings is 1. The predicted octanol–water partition coefficient (Wildman–Crippen LogP) is 3.75. The molecule has 0 radical (unpaired) electrons. The summed E-state index contributed by atoms with van der Waals surface area (Å²) in [5, 5.41) is 5.51. The van der Waals surface area contributed by atoms with E-state index in [4.69, 9.17) is 0 Å². The van der Waals surface area contributed by atoms with Gasteiger partial charge in [-0.25, -0.2) is 4.39 Å². The molecule has 0 saturated carbocycles. The van der Waals surface area contributed by atoms with Gasteiger partial charge in [0.2, 0.25) is 0 Å². The summed E-state index contributed by atoms with van der Waals surface area (Å²) < 4.78 is 15.1. The van der Waals surface area contributed by atoms with Gasteiger partial charge in [0.25, 0.3) is 0 Å². The Hall–Kier alpha value is -1.68. The van der Waals surface area contributed by atoms with Crippen LogP contribution in [0.3, 0.4) is 0 Å². The smallest absolute Gasteiger partial charge is 0.123 e. The van der Waals surface area contributed by atoms with Crippen LogP contribution in [-0.4, -0.2) is 9.78 Å². The first kappa shape index (κ1) is 10.5. The van der Waals surface area contributed by atoms with Gasteiger partial charge in [-0.15, -0.1) is 11.3 Å². The maximum absolute atomic E-state index is 13.2. The van der Waals surface area contributed by atoms with E-state index in [9.17, 15) is 4.39 Å². The fourth-order valence-corrected chi connectivity index (χ4v) is 3.11. The van der Waals surface area contributed by atoms with E-state index < -0.39 is 0 Å². The highest BCUT2D eigenvalue weighted by molar-refractivity contribution is 7.21. The first-order valence-electron chi connectivity index (χ1n) is 5.34. The summed E-state index contributed by atoms with van der Waals surface area (Å²) in [5.41, 5.74) is 1.94. The van der Waals surface area contributed by atoms with Gasteiger partial charge in [-0.1, -0.05) is 12.1 Å². The molecule has 0 fully saturated rings. The molecule has 2 heterocycles. The normalized spacial score (nSPS) is 11.2. The number of nitrogens with zero attached hydrogens (tertiary/aromatic N) is 2. The molecule has 2 nitrogen and oxygen atoms in total. The molecule has 0 unspecified atom stereocenters. The van der Waals surface area contributed by atoms with Crippen molar-refractivity contribution in [2.45, 2.75) is 6.92 Å². The lowest BCUT2D eigenvalue weighted by Crippen LogP contribution is -1.87. The summed E-state index contributed by atoms with van der Waals surface area (Å²) in [6.07, 6.45) is 0. The minimum Gasteiger partial charge on any atom is -0.258 e. The number of rotatable bonds is 1. The zero-order chi connectivity index (χ0) is 12.0. The third-order valence-corrected chi connectivity index (χ3v) is 4.06. The van der Waals surface area contributed by atoms with Crippen LogP contribution >= 0.6 is 11.3 Å². The fourth-order valence-electron chi connectivity index (χ4n) is 1.99. The van der Waals surface area contributed by atoms with Gasteiger partial charge < -0.3 is 0 Å². The van der Waals surface area contributed by atoms with Crippen molar-refractivity contribution in [3.05, 3.63) is 41.8 Å². The lowest BCUT2D eigenvalue weighted by atomic mass is 10.1. The molecule has 0 aliphatic carbocycles. The second kappa shape index (κ2) is 3.67. The quantitative estimate of drug-likeness (QED) is 0.639. The van der Waals surface area contributed by atoms with Crippen molar-refractivity contribution >= 4 is 21.6 Å². The van der Waals surface area contributed by atoms with Gasteiger partial charge in [-0.3, -0.25) is 4.68 Å². The zero-order valence-corrected chi connectivity index (χ0v) is 10.4. The molecule has 0 N–H and O–H groups in total. The maximum atomic E-state index is 13.2. The number of hydrogen-bond acceptors (Lipinski definition) is 2. The topological polar surface area (TPSA) is 17.8 Å². The fraction of sp³-hybridized carbons (Fsp3) is 0.154. The zero-order valence-electron chi connectivity index (χ0n) is 9.57. The van der Waals surface area contributed by atoms with Crippen molar-refractivity contribution in [3.63, 3.8) is 0 Å². The number of hydrogen-bond donors (Lipinski definition) is 0. The Morgan fingerprint density at radius 1 is 1.29 bits per heavy atom. The molecule has 0 aliphatic rings. The Bertz CT molecular complexity index is 662. The lowest BCUT2D eigenvalue weighted by molar-refractivity contribution is 0.628. The van der Waals surface area contributed by atoms with Gasteiger partial charge in [-0.05, 0) is 30.7 Å². The molecule has 3 rings (SSSR count). The standard InChI is InChI=1S/C13H11FN2S/c1-8-11-7-12(17-13(11)16(2)15-8)9-4-3-5-10(14)6-9/h3-7H,1-2H3. The predicted molar refractivity (Wildman–Crippen MR) is 68.7 cm³/mol. The summed E-state index contributed by atoms with van der Waals surface area (Å²) in [7, 11) is 1.93. The largest absolute Gasteiger partial charge is 0.258 e. The van der Waals surface area contributed by atoms with Crippen LogP contribution in [0, 0.1) is 12.7 Å². The van der Waals surface area contributed by atoms with E-state index in [1.54, 1.807) is 23.5 Å². The number of thiophene rings is 1. The Kier molecular flexibility index (Phi) is 2.26. The minimum atomic E-state index is -0.199. The van der Waals surface area contributed by atoms with E-state index in [-0.39, 0.29) is 5.82 Å². The van der Waals surface area contributed by atoms with Crippen LogP contribution in [0.25, 0.3) is 20.7 Å². The molecule has 2 aromatic heterocycles. The first-order chi connectivity index (χ1) is 8.15. The van der Waals surface area contributed by atoms with Gasteiger partial charge in [0.05, 0.1) is 5.69 Å². The lowest BCUT2D eigenvalue weighted by Gasteiger charge is -1.96. The molecule has 0 spiro atoms. The van der Waals surface area contributed by atoms with Crippen molar-refractivity contribution in [1.82, 2.24) is 9.78 Å². The summed E-state index contributed by atoms with van der Waals surface area (Å²) in [5.74, 6) is -0.199. The van der Waals surface area contributed by atoms with E-state index in [0.29, 0.717) is 0 Å². The summed E-state index contributed by atoms with van der Waals surface area (Å²) >= 11 is 1.64. The van der Waals surface area contributed by atoms with Gasteiger partial charge in [0.15, 0.2) is 0 Å². The Morgan fingerprint density at radius 3 is 2.82 bits per heavy atom. The van der Waals surface area contributed by atoms with E-state index in [1.165, 1.54) is 6.07 Å². The highest BCUT2D eigenvalue weighted by atomic mass is 32.1. The van der Waals surface area contributed by atoms with Gasteiger partial charge in [0, 0.05) is 17.3 Å². The Balaban J connectivity index is 2.21. The van der Waals surface area contributed by atoms with Crippen LogP contribution in [0.4, 0.5) is 4.39 Å². The molecule has 0 bridgehead atoms. The van der Waals surface area contributed by atoms with Crippen LogP contribution in [0.1, 0.15) is 5.69 Å². The molecular weight excluding hydrogens is 235 g/mol. The van der Waals surface area contributed by atoms with Gasteiger partial charge in [-0.2, -0.15) is 5.10 Å². The van der Waals surface area contributed by atoms with Crippen LogP contribution in [0.5, 0.6) is 0 Å². The van der Waals surface area contributed by atoms with E-state index in [1.807, 2.05) is 24.7 Å². The molecular formula is C13H11FN2S. The Morgan fingerprint density at radius 2 is 2.12 bits per heavy atom. The molecule has 86 valence electrons. The maximum Gasteiger partial charge on any atom is 0.123 e. The number of aromatic nitrogens is 2. The van der Waals surface area contributed by atoms with Crippen molar-refractivity contribution in [2.24, 2.45) is 7.05 Å². The van der Waals surface area contributed by atoms with Crippen LogP contribution in [0.15, 0.2) is 30.3 Å². The van der Waals surface area contributed by atoms with E-state index >= 15 is 0 Å². The molecule has 0 amide bonds. The third kappa shape index (κ3) is 1.65. The van der Waals surface area contributed by atoms with Crippen LogP contribution in [-0.2, 0) is 7.05 Å². The second-order valence-electron chi connectivity index (χ2n) is 4.05. The highest BCUT2D eigenvalue weighted by Crippen LogP contribution is 2.34. The van der Waals surface area contributed by atoms with Crippen molar-refractivity contribution in [1.29, 1.82) is 0 Å². The van der Waals surface area contributed by atoms with Gasteiger partial charge in [0.1, 0.15) is 10.6 Å². The summed E-state index contributed by atoms with van der Waals surface area (Å²) in [6, 6.07) is 8.77. The molecule has 0 saturated heterocycles. The van der Waals surface area contributed by atoms with Crippen molar-refractivity contribution < 1.29 is 4.39 Å². The number of halogens is 1. The molecule has 3 aromatic rings. The van der Waals surface area contributed by atoms with Crippen LogP contribution in [0.2, 0.25) is 0 Å². The molecule has 0 aliphatic heterocycles. The minimum absolute atomic E-state index is 0.199.